The fourth-order valence-electron chi connectivity index (χ4n) is 2.35. The summed E-state index contributed by atoms with van der Waals surface area (Å²) in [5, 5.41) is 0. The van der Waals surface area contributed by atoms with E-state index >= 15 is 0 Å². The van der Waals surface area contributed by atoms with E-state index in [-0.39, 0.29) is 0 Å². The van der Waals surface area contributed by atoms with Gasteiger partial charge in [-0.15, -0.1) is 0 Å². The van der Waals surface area contributed by atoms with Gasteiger partial charge in [0.2, 0.25) is 0 Å². The summed E-state index contributed by atoms with van der Waals surface area (Å²) < 4.78 is 20.0. The molecule has 5 heteroatoms. The summed E-state index contributed by atoms with van der Waals surface area (Å²) in [5.41, 5.74) is 1.59. The minimum absolute atomic E-state index is 0.295. The summed E-state index contributed by atoms with van der Waals surface area (Å²) in [4.78, 5) is 16.4. The minimum Gasteiger partial charge on any atom is -0.496 e. The maximum absolute atomic E-state index is 14.6. The Morgan fingerprint density at radius 2 is 1.81 bits per heavy atom. The number of benzene rings is 2. The molecule has 0 radical (unpaired) electrons. The molecule has 0 N–H and O–H groups in total. The lowest BCUT2D eigenvalue weighted by Crippen LogP contribution is -2.21. The van der Waals surface area contributed by atoms with E-state index in [0.717, 1.165) is 5.56 Å². The lowest BCUT2D eigenvalue weighted by molar-refractivity contribution is 0.106. The minimum atomic E-state index is -1.99. The van der Waals surface area contributed by atoms with Crippen molar-refractivity contribution in [3.63, 3.8) is 0 Å². The topological polar surface area (TPSA) is 38.7 Å². The number of halogens is 1. The van der Waals surface area contributed by atoms with E-state index in [9.17, 15) is 9.11 Å². The van der Waals surface area contributed by atoms with Gasteiger partial charge >= 0.3 is 7.12 Å². The summed E-state index contributed by atoms with van der Waals surface area (Å²) in [6.07, 6.45) is 7.06. The predicted molar refractivity (Wildman–Crippen MR) is 106 cm³/mol. The van der Waals surface area contributed by atoms with E-state index in [1.54, 1.807) is 54.6 Å². The third kappa shape index (κ3) is 5.02. The molecule has 26 heavy (non-hydrogen) atoms. The van der Waals surface area contributed by atoms with E-state index in [1.165, 1.54) is 7.11 Å². The number of methoxy groups -OCH3 is 1. The Hall–Kier alpha value is -2.95. The van der Waals surface area contributed by atoms with Crippen LogP contribution in [0.15, 0.2) is 77.7 Å². The highest BCUT2D eigenvalue weighted by atomic mass is 19.1. The first-order valence-corrected chi connectivity index (χ1v) is 8.32. The number of allylic oxidation sites excluding steroid dienone is 4. The van der Waals surface area contributed by atoms with Crippen LogP contribution in [-0.4, -0.2) is 25.6 Å². The van der Waals surface area contributed by atoms with Gasteiger partial charge in [-0.3, -0.25) is 14.0 Å². The van der Waals surface area contributed by atoms with Crippen molar-refractivity contribution in [1.29, 1.82) is 0 Å². The number of hydrogen-bond acceptors (Lipinski definition) is 3. The third-order valence-electron chi connectivity index (χ3n) is 3.75. The molecule has 0 aromatic heterocycles. The van der Waals surface area contributed by atoms with Crippen LogP contribution in [-0.2, 0) is 0 Å². The Bertz CT molecular complexity index is 841. The van der Waals surface area contributed by atoms with Crippen LogP contribution in [0.25, 0.3) is 0 Å². The monoisotopic (exact) mass is 349 g/mol. The highest BCUT2D eigenvalue weighted by molar-refractivity contribution is 6.87. The molecule has 2 aromatic rings. The standard InChI is InChI=1S/C21H21BFNO2/c1-4-5-6-10-19(18-9-7-8-11-20(18)26-3)24-22(23)21(25)17-14-12-16(2)13-15-17/h4-15H,1-3H3/b5-4-,10-6-,24-19?. The second kappa shape index (κ2) is 9.52. The normalized spacial score (nSPS) is 11.9. The number of hydrogen-bond donors (Lipinski definition) is 0. The van der Waals surface area contributed by atoms with Crippen molar-refractivity contribution >= 4 is 18.5 Å². The molecule has 0 aliphatic heterocycles. The summed E-state index contributed by atoms with van der Waals surface area (Å²) in [7, 11) is -0.455. The molecule has 2 rings (SSSR count). The number of carbonyl (C=O) groups is 1. The molecular formula is C21H21BFNO2. The molecule has 0 amide bonds. The average molecular weight is 349 g/mol. The maximum atomic E-state index is 14.6. The Labute approximate surface area is 154 Å². The molecule has 0 heterocycles. The van der Waals surface area contributed by atoms with Gasteiger partial charge in [-0.25, -0.2) is 0 Å². The van der Waals surface area contributed by atoms with Crippen LogP contribution in [0.1, 0.15) is 28.4 Å². The van der Waals surface area contributed by atoms with Gasteiger partial charge in [-0.1, -0.05) is 60.2 Å². The van der Waals surface area contributed by atoms with E-state index in [0.29, 0.717) is 22.6 Å². The predicted octanol–water partition coefficient (Wildman–Crippen LogP) is 4.80. The maximum Gasteiger partial charge on any atom is 0.554 e. The van der Waals surface area contributed by atoms with Gasteiger partial charge < -0.3 is 4.74 Å². The van der Waals surface area contributed by atoms with Crippen LogP contribution in [0, 0.1) is 6.92 Å². The highest BCUT2D eigenvalue weighted by Crippen LogP contribution is 2.20. The zero-order valence-corrected chi connectivity index (χ0v) is 15.1. The molecule has 0 spiro atoms. The molecule has 0 saturated carbocycles. The third-order valence-corrected chi connectivity index (χ3v) is 3.75. The Balaban J connectivity index is 2.40. The van der Waals surface area contributed by atoms with Crippen molar-refractivity contribution in [2.75, 3.05) is 7.11 Å². The van der Waals surface area contributed by atoms with Gasteiger partial charge in [-0.2, -0.15) is 0 Å². The molecule has 3 nitrogen and oxygen atoms in total. The van der Waals surface area contributed by atoms with Crippen LogP contribution >= 0.6 is 0 Å². The Morgan fingerprint density at radius 3 is 2.46 bits per heavy atom. The Kier molecular flexibility index (Phi) is 7.09. The fraction of sp³-hybridized carbons (Fsp3) is 0.143. The molecule has 0 fully saturated rings. The SMILES string of the molecule is C/C=C\C=C/C(=NB(F)C(=O)c1ccc(C)cc1)c1ccccc1OC. The molecule has 2 aromatic carbocycles. The Morgan fingerprint density at radius 1 is 1.12 bits per heavy atom. The molecule has 0 aliphatic carbocycles. The first kappa shape index (κ1) is 19.4. The van der Waals surface area contributed by atoms with E-state index in [2.05, 4.69) is 4.90 Å². The quantitative estimate of drug-likeness (QED) is 0.409. The second-order valence-corrected chi connectivity index (χ2v) is 5.67. The number of nitrogens with zero attached hydrogens (tertiary/aromatic N) is 1. The van der Waals surface area contributed by atoms with E-state index in [1.807, 2.05) is 32.1 Å². The van der Waals surface area contributed by atoms with Crippen LogP contribution in [0.5, 0.6) is 5.75 Å². The molecule has 132 valence electrons. The molecule has 0 bridgehead atoms. The first-order valence-electron chi connectivity index (χ1n) is 8.32. The first-order chi connectivity index (χ1) is 12.6. The average Bonchev–Trinajstić information content (AvgIpc) is 2.67. The van der Waals surface area contributed by atoms with E-state index < -0.39 is 12.8 Å². The zero-order valence-electron chi connectivity index (χ0n) is 15.1. The number of para-hydroxylation sites is 1. The smallest absolute Gasteiger partial charge is 0.496 e. The molecule has 0 unspecified atom stereocenters. The number of aryl methyl sites for hydroxylation is 1. The molecule has 0 atom stereocenters. The van der Waals surface area contributed by atoms with Crippen LogP contribution in [0.4, 0.5) is 4.32 Å². The molecule has 0 aliphatic rings. The van der Waals surface area contributed by atoms with Gasteiger partial charge in [0.05, 0.1) is 12.8 Å². The summed E-state index contributed by atoms with van der Waals surface area (Å²) in [6.45, 7) is 3.79. The van der Waals surface area contributed by atoms with Crippen molar-refractivity contribution in [3.05, 3.63) is 89.5 Å². The van der Waals surface area contributed by atoms with Gasteiger partial charge in [0, 0.05) is 11.1 Å². The summed E-state index contributed by atoms with van der Waals surface area (Å²) >= 11 is 0. The van der Waals surface area contributed by atoms with Gasteiger partial charge in [0.25, 0.3) is 0 Å². The van der Waals surface area contributed by atoms with Crippen molar-refractivity contribution in [2.45, 2.75) is 13.8 Å². The lowest BCUT2D eigenvalue weighted by atomic mass is 9.77. The number of carbonyl (C=O) groups excluding carboxylic acids is 1. The second-order valence-electron chi connectivity index (χ2n) is 5.67. The van der Waals surface area contributed by atoms with E-state index in [4.69, 9.17) is 4.74 Å². The van der Waals surface area contributed by atoms with Crippen LogP contribution < -0.4 is 4.74 Å². The van der Waals surface area contributed by atoms with Crippen molar-refractivity contribution in [1.82, 2.24) is 0 Å². The van der Waals surface area contributed by atoms with Gasteiger partial charge in [-0.05, 0) is 32.1 Å². The zero-order chi connectivity index (χ0) is 18.9. The van der Waals surface area contributed by atoms with Crippen molar-refractivity contribution in [2.24, 2.45) is 4.90 Å². The fourth-order valence-corrected chi connectivity index (χ4v) is 2.35. The van der Waals surface area contributed by atoms with Crippen molar-refractivity contribution in [3.8, 4) is 5.75 Å². The lowest BCUT2D eigenvalue weighted by Gasteiger charge is -2.09. The largest absolute Gasteiger partial charge is 0.554 e. The number of ether oxygens (including phenoxy) is 1. The molecular weight excluding hydrogens is 328 g/mol. The number of rotatable bonds is 7. The van der Waals surface area contributed by atoms with Gasteiger partial charge in [0.15, 0.2) is 5.68 Å². The summed E-state index contributed by atoms with van der Waals surface area (Å²) in [5.74, 6) is 0.561. The summed E-state index contributed by atoms with van der Waals surface area (Å²) in [6, 6.07) is 13.9. The highest BCUT2D eigenvalue weighted by Gasteiger charge is 2.27. The van der Waals surface area contributed by atoms with Crippen LogP contribution in [0.3, 0.4) is 0 Å². The van der Waals surface area contributed by atoms with Crippen molar-refractivity contribution < 1.29 is 13.8 Å². The van der Waals surface area contributed by atoms with Crippen LogP contribution in [0.2, 0.25) is 0 Å². The van der Waals surface area contributed by atoms with Gasteiger partial charge in [0.1, 0.15) is 5.75 Å². The molecule has 0 saturated heterocycles.